The third-order valence-corrected chi connectivity index (χ3v) is 6.98. The maximum Gasteiger partial charge on any atom is 0.196 e. The van der Waals surface area contributed by atoms with Crippen LogP contribution in [0.2, 0.25) is 0 Å². The summed E-state index contributed by atoms with van der Waals surface area (Å²) >= 11 is 26.3. The van der Waals surface area contributed by atoms with E-state index in [1.807, 2.05) is 30.3 Å². The van der Waals surface area contributed by atoms with Crippen molar-refractivity contribution < 1.29 is 0 Å². The summed E-state index contributed by atoms with van der Waals surface area (Å²) in [6.45, 7) is 0. The highest BCUT2D eigenvalue weighted by Crippen LogP contribution is 2.47. The summed E-state index contributed by atoms with van der Waals surface area (Å²) in [6, 6.07) is 16.4. The van der Waals surface area contributed by atoms with Crippen molar-refractivity contribution in [2.24, 2.45) is 0 Å². The molecule has 0 amide bonds. The average Bonchev–Trinajstić information content (AvgIpc) is 2.95. The van der Waals surface area contributed by atoms with E-state index in [2.05, 4.69) is 18.2 Å². The Morgan fingerprint density at radius 3 is 2.27 bits per heavy atom. The van der Waals surface area contributed by atoms with Gasteiger partial charge in [-0.25, -0.2) is 4.42 Å². The van der Waals surface area contributed by atoms with E-state index in [4.69, 9.17) is 46.6 Å². The number of hydrogen-bond acceptors (Lipinski definition) is 2. The van der Waals surface area contributed by atoms with E-state index in [9.17, 15) is 0 Å². The molecule has 0 saturated carbocycles. The van der Waals surface area contributed by atoms with Crippen LogP contribution in [0.3, 0.4) is 0 Å². The third kappa shape index (κ3) is 2.97. The first-order chi connectivity index (χ1) is 12.5. The Labute approximate surface area is 174 Å². The van der Waals surface area contributed by atoms with Crippen LogP contribution < -0.4 is 0 Å². The van der Waals surface area contributed by atoms with Crippen LogP contribution in [0.15, 0.2) is 59.9 Å². The maximum absolute atomic E-state index is 7.32. The molecule has 136 valence electrons. The molecule has 2 atom stereocenters. The summed E-state index contributed by atoms with van der Waals surface area (Å²) in [6.07, 6.45) is 6.35. The second-order valence-electron chi connectivity index (χ2n) is 6.66. The van der Waals surface area contributed by atoms with E-state index in [-0.39, 0.29) is 0 Å². The van der Waals surface area contributed by atoms with Gasteiger partial charge in [-0.05, 0) is 47.9 Å². The van der Waals surface area contributed by atoms with Gasteiger partial charge in [0.1, 0.15) is 5.16 Å². The molecule has 0 radical (unpaired) electrons. The summed E-state index contributed by atoms with van der Waals surface area (Å²) in [5.41, 5.74) is 3.94. The second kappa shape index (κ2) is 7.16. The number of hydrogen-bond donors (Lipinski definition) is 0. The smallest absolute Gasteiger partial charge is 0.196 e. The number of rotatable bonds is 3. The zero-order valence-electron chi connectivity index (χ0n) is 14.0. The van der Waals surface area contributed by atoms with Gasteiger partial charge in [0.25, 0.3) is 0 Å². The van der Waals surface area contributed by atoms with Crippen molar-refractivity contribution in [3.8, 4) is 0 Å². The highest BCUT2D eigenvalue weighted by Gasteiger charge is 2.45. The van der Waals surface area contributed by atoms with Crippen molar-refractivity contribution in [1.82, 2.24) is 9.32 Å². The van der Waals surface area contributed by atoms with Gasteiger partial charge in [0, 0.05) is 18.0 Å². The van der Waals surface area contributed by atoms with Crippen molar-refractivity contribution in [3.63, 3.8) is 0 Å². The first-order valence-corrected chi connectivity index (χ1v) is 10.2. The summed E-state index contributed by atoms with van der Waals surface area (Å²) in [5.74, 6) is 0. The summed E-state index contributed by atoms with van der Waals surface area (Å²) in [7, 11) is 0. The molecule has 0 N–H and O–H groups in total. The van der Waals surface area contributed by atoms with E-state index >= 15 is 0 Å². The molecule has 2 nitrogen and oxygen atoms in total. The van der Waals surface area contributed by atoms with Gasteiger partial charge in [-0.1, -0.05) is 83.3 Å². The standard InChI is InChI=1S/C20H18Cl4N2/c21-18-13-25(19(22)26(18)24)20(23,16-8-2-1-3-9-16)17-11-10-14-6-4-5-7-15(14)12-17/h1-3,8-13,19H,4-7H2. The topological polar surface area (TPSA) is 6.48 Å². The number of fused-ring (bicyclic) bond motifs is 1. The number of benzene rings is 2. The normalized spacial score (nSPS) is 22.0. The summed E-state index contributed by atoms with van der Waals surface area (Å²) in [4.78, 5) is 0.787. The van der Waals surface area contributed by atoms with Gasteiger partial charge >= 0.3 is 0 Å². The Bertz CT molecular complexity index is 839. The van der Waals surface area contributed by atoms with Crippen molar-refractivity contribution >= 4 is 46.6 Å². The van der Waals surface area contributed by atoms with Crippen LogP contribution in [0.5, 0.6) is 0 Å². The summed E-state index contributed by atoms with van der Waals surface area (Å²) in [5, 5.41) is 0.339. The maximum atomic E-state index is 7.32. The molecule has 1 heterocycles. The monoisotopic (exact) mass is 426 g/mol. The zero-order valence-corrected chi connectivity index (χ0v) is 17.0. The average molecular weight is 428 g/mol. The predicted octanol–water partition coefficient (Wildman–Crippen LogP) is 6.34. The van der Waals surface area contributed by atoms with Gasteiger partial charge in [-0.15, -0.1) is 0 Å². The SMILES string of the molecule is ClC1=CN(C(Cl)(c2ccccc2)c2ccc3c(c2)CCCC3)C(Cl)N1Cl. The largest absolute Gasteiger partial charge is 0.314 e. The molecule has 2 aliphatic rings. The van der Waals surface area contributed by atoms with E-state index in [1.54, 1.807) is 11.1 Å². The molecular weight excluding hydrogens is 410 g/mol. The number of nitrogens with zero attached hydrogens (tertiary/aromatic N) is 2. The van der Waals surface area contributed by atoms with Crippen LogP contribution in [-0.2, 0) is 17.8 Å². The quantitative estimate of drug-likeness (QED) is 0.320. The molecule has 4 rings (SSSR count). The molecule has 26 heavy (non-hydrogen) atoms. The number of aryl methyl sites for hydroxylation is 2. The minimum atomic E-state index is -1.01. The Balaban J connectivity index is 1.87. The van der Waals surface area contributed by atoms with Gasteiger partial charge in [-0.2, -0.15) is 0 Å². The van der Waals surface area contributed by atoms with E-state index in [1.165, 1.54) is 28.4 Å². The van der Waals surface area contributed by atoms with Gasteiger partial charge in [-0.3, -0.25) is 0 Å². The van der Waals surface area contributed by atoms with Crippen molar-refractivity contribution in [1.29, 1.82) is 0 Å². The van der Waals surface area contributed by atoms with Gasteiger partial charge in [0.2, 0.25) is 0 Å². The van der Waals surface area contributed by atoms with Crippen LogP contribution in [0.1, 0.15) is 35.1 Å². The van der Waals surface area contributed by atoms with Gasteiger partial charge in [0.05, 0.1) is 0 Å². The molecule has 0 fully saturated rings. The van der Waals surface area contributed by atoms with E-state index < -0.39 is 10.6 Å². The molecule has 0 aromatic heterocycles. The highest BCUT2D eigenvalue weighted by molar-refractivity contribution is 6.36. The summed E-state index contributed by atoms with van der Waals surface area (Å²) < 4.78 is 1.28. The Hall–Kier alpha value is -1.06. The predicted molar refractivity (Wildman–Crippen MR) is 109 cm³/mol. The van der Waals surface area contributed by atoms with E-state index in [0.717, 1.165) is 24.0 Å². The number of alkyl halides is 2. The molecule has 0 bridgehead atoms. The Morgan fingerprint density at radius 2 is 1.62 bits per heavy atom. The van der Waals surface area contributed by atoms with Crippen LogP contribution in [0, 0.1) is 0 Å². The van der Waals surface area contributed by atoms with Crippen LogP contribution >= 0.6 is 46.6 Å². The molecule has 2 unspecified atom stereocenters. The van der Waals surface area contributed by atoms with Crippen molar-refractivity contribution in [3.05, 3.63) is 82.1 Å². The zero-order chi connectivity index (χ0) is 18.3. The van der Waals surface area contributed by atoms with Gasteiger partial charge < -0.3 is 4.90 Å². The molecule has 0 spiro atoms. The molecule has 0 saturated heterocycles. The van der Waals surface area contributed by atoms with E-state index in [0.29, 0.717) is 5.16 Å². The Morgan fingerprint density at radius 1 is 0.923 bits per heavy atom. The molecule has 2 aromatic rings. The lowest BCUT2D eigenvalue weighted by molar-refractivity contribution is 0.223. The van der Waals surface area contributed by atoms with Crippen LogP contribution in [0.4, 0.5) is 0 Å². The second-order valence-corrected chi connectivity index (χ2v) is 8.35. The third-order valence-electron chi connectivity index (χ3n) is 5.11. The van der Waals surface area contributed by atoms with Crippen LogP contribution in [-0.4, -0.2) is 14.9 Å². The van der Waals surface area contributed by atoms with Crippen LogP contribution in [0.25, 0.3) is 0 Å². The van der Waals surface area contributed by atoms with Gasteiger partial charge in [0.15, 0.2) is 10.6 Å². The fourth-order valence-corrected chi connectivity index (χ4v) is 4.87. The molecule has 1 aliphatic heterocycles. The lowest BCUT2D eigenvalue weighted by atomic mass is 9.87. The lowest BCUT2D eigenvalue weighted by Gasteiger charge is -2.40. The molecule has 1 aliphatic carbocycles. The first-order valence-electron chi connectivity index (χ1n) is 8.63. The lowest BCUT2D eigenvalue weighted by Crippen LogP contribution is -2.44. The van der Waals surface area contributed by atoms with Crippen molar-refractivity contribution in [2.75, 3.05) is 0 Å². The molecule has 6 heteroatoms. The fraction of sp³-hybridized carbons (Fsp3) is 0.300. The first kappa shape index (κ1) is 18.3. The van der Waals surface area contributed by atoms with Crippen molar-refractivity contribution in [2.45, 2.75) is 36.3 Å². The minimum Gasteiger partial charge on any atom is -0.314 e. The Kier molecular flexibility index (Phi) is 5.04. The number of halogens is 4. The molecule has 2 aromatic carbocycles. The molecular formula is C20H18Cl4N2. The minimum absolute atomic E-state index is 0.339. The highest BCUT2D eigenvalue weighted by atomic mass is 35.5. The fourth-order valence-electron chi connectivity index (χ4n) is 3.74.